The number of aliphatic carboxylic acids is 1. The standard InChI is InChI=1S/C12H22N2O5/c1-8(2)5-10(11(16)17)13-12(18)14-3-4-19-9(6-14)7-15/h8-10,15H,3-7H2,1-2H3,(H,13,18)(H,16,17)/t9?,10-/m0/s1. The first kappa shape index (κ1) is 15.7. The average molecular weight is 274 g/mol. The molecule has 0 aromatic heterocycles. The van der Waals surface area contributed by atoms with E-state index in [2.05, 4.69) is 5.32 Å². The summed E-state index contributed by atoms with van der Waals surface area (Å²) in [6, 6.07) is -1.31. The zero-order valence-electron chi connectivity index (χ0n) is 11.3. The van der Waals surface area contributed by atoms with E-state index in [0.29, 0.717) is 19.6 Å². The lowest BCUT2D eigenvalue weighted by molar-refractivity contribution is -0.139. The van der Waals surface area contributed by atoms with Crippen LogP contribution in [0, 0.1) is 5.92 Å². The van der Waals surface area contributed by atoms with Gasteiger partial charge in [-0.25, -0.2) is 9.59 Å². The average Bonchev–Trinajstić information content (AvgIpc) is 2.37. The van der Waals surface area contributed by atoms with Gasteiger partial charge in [-0.05, 0) is 12.3 Å². The van der Waals surface area contributed by atoms with E-state index in [1.54, 1.807) is 0 Å². The van der Waals surface area contributed by atoms with Crippen LogP contribution < -0.4 is 5.32 Å². The Bertz CT molecular complexity index is 321. The molecule has 0 aromatic rings. The first-order chi connectivity index (χ1) is 8.93. The number of carbonyl (C=O) groups excluding carboxylic acids is 1. The van der Waals surface area contributed by atoms with Gasteiger partial charge in [0.15, 0.2) is 0 Å². The number of nitrogens with zero attached hydrogens (tertiary/aromatic N) is 1. The largest absolute Gasteiger partial charge is 0.480 e. The predicted octanol–water partition coefficient (Wildman–Crippen LogP) is -0.112. The zero-order chi connectivity index (χ0) is 14.4. The maximum Gasteiger partial charge on any atom is 0.326 e. The van der Waals surface area contributed by atoms with Crippen molar-refractivity contribution in [1.82, 2.24) is 10.2 Å². The molecule has 1 aliphatic heterocycles. The molecule has 1 unspecified atom stereocenters. The second-order valence-electron chi connectivity index (χ2n) is 5.09. The van der Waals surface area contributed by atoms with Crippen LogP contribution in [0.5, 0.6) is 0 Å². The monoisotopic (exact) mass is 274 g/mol. The predicted molar refractivity (Wildman–Crippen MR) is 67.8 cm³/mol. The fourth-order valence-corrected chi connectivity index (χ4v) is 1.95. The molecule has 1 aliphatic rings. The Hall–Kier alpha value is -1.34. The number of hydrogen-bond donors (Lipinski definition) is 3. The van der Waals surface area contributed by atoms with Gasteiger partial charge in [0.25, 0.3) is 0 Å². The molecule has 3 N–H and O–H groups in total. The van der Waals surface area contributed by atoms with Crippen LogP contribution in [0.3, 0.4) is 0 Å². The van der Waals surface area contributed by atoms with Crippen LogP contribution in [0.25, 0.3) is 0 Å². The number of carboxylic acids is 1. The summed E-state index contributed by atoms with van der Waals surface area (Å²) in [5, 5.41) is 20.6. The molecule has 1 rings (SSSR count). The second kappa shape index (κ2) is 7.30. The number of ether oxygens (including phenoxy) is 1. The summed E-state index contributed by atoms with van der Waals surface area (Å²) in [6.45, 7) is 4.67. The Labute approximate surface area is 112 Å². The summed E-state index contributed by atoms with van der Waals surface area (Å²) >= 11 is 0. The molecule has 0 radical (unpaired) electrons. The van der Waals surface area contributed by atoms with E-state index in [1.807, 2.05) is 13.8 Å². The number of nitrogens with one attached hydrogen (secondary N) is 1. The van der Waals surface area contributed by atoms with Gasteiger partial charge < -0.3 is 25.2 Å². The van der Waals surface area contributed by atoms with E-state index < -0.39 is 24.1 Å². The molecule has 0 spiro atoms. The van der Waals surface area contributed by atoms with E-state index in [-0.39, 0.29) is 19.1 Å². The van der Waals surface area contributed by atoms with Crippen molar-refractivity contribution in [1.29, 1.82) is 0 Å². The molecule has 7 nitrogen and oxygen atoms in total. The molecule has 1 heterocycles. The van der Waals surface area contributed by atoms with E-state index >= 15 is 0 Å². The molecule has 0 saturated carbocycles. The molecule has 2 atom stereocenters. The zero-order valence-corrected chi connectivity index (χ0v) is 11.3. The minimum atomic E-state index is -1.03. The Morgan fingerprint density at radius 3 is 2.68 bits per heavy atom. The highest BCUT2D eigenvalue weighted by Crippen LogP contribution is 2.08. The third-order valence-electron chi connectivity index (χ3n) is 2.93. The first-order valence-electron chi connectivity index (χ1n) is 6.44. The van der Waals surface area contributed by atoms with Gasteiger partial charge in [-0.2, -0.15) is 0 Å². The van der Waals surface area contributed by atoms with Crippen molar-refractivity contribution >= 4 is 12.0 Å². The van der Waals surface area contributed by atoms with Crippen molar-refractivity contribution in [2.75, 3.05) is 26.3 Å². The summed E-state index contributed by atoms with van der Waals surface area (Å²) in [5.74, 6) is -0.856. The van der Waals surface area contributed by atoms with Crippen LogP contribution >= 0.6 is 0 Å². The summed E-state index contributed by atoms with van der Waals surface area (Å²) in [5.41, 5.74) is 0. The highest BCUT2D eigenvalue weighted by atomic mass is 16.5. The van der Waals surface area contributed by atoms with Gasteiger partial charge in [-0.1, -0.05) is 13.8 Å². The summed E-state index contributed by atoms with van der Waals surface area (Å²) in [6.07, 6.45) is -0.0117. The minimum Gasteiger partial charge on any atom is -0.480 e. The number of carbonyl (C=O) groups is 2. The van der Waals surface area contributed by atoms with Gasteiger partial charge in [-0.15, -0.1) is 0 Å². The van der Waals surface area contributed by atoms with E-state index in [0.717, 1.165) is 0 Å². The molecule has 2 amide bonds. The molecule has 0 aromatic carbocycles. The molecule has 0 bridgehead atoms. The molecular weight excluding hydrogens is 252 g/mol. The highest BCUT2D eigenvalue weighted by Gasteiger charge is 2.27. The molecule has 0 aliphatic carbocycles. The minimum absolute atomic E-state index is 0.155. The maximum absolute atomic E-state index is 12.0. The summed E-state index contributed by atoms with van der Waals surface area (Å²) in [7, 11) is 0. The Morgan fingerprint density at radius 2 is 2.16 bits per heavy atom. The fourth-order valence-electron chi connectivity index (χ4n) is 1.95. The number of hydrogen-bond acceptors (Lipinski definition) is 4. The lowest BCUT2D eigenvalue weighted by Crippen LogP contribution is -2.54. The van der Waals surface area contributed by atoms with Gasteiger partial charge in [0.1, 0.15) is 6.04 Å². The third-order valence-corrected chi connectivity index (χ3v) is 2.93. The van der Waals surface area contributed by atoms with Crippen LogP contribution in [0.1, 0.15) is 20.3 Å². The lowest BCUT2D eigenvalue weighted by atomic mass is 10.0. The van der Waals surface area contributed by atoms with Crippen molar-refractivity contribution in [3.63, 3.8) is 0 Å². The van der Waals surface area contributed by atoms with Crippen LogP contribution in [-0.2, 0) is 9.53 Å². The van der Waals surface area contributed by atoms with Gasteiger partial charge >= 0.3 is 12.0 Å². The number of rotatable bonds is 5. The Balaban J connectivity index is 2.53. The number of aliphatic hydroxyl groups excluding tert-OH is 1. The maximum atomic E-state index is 12.0. The SMILES string of the molecule is CC(C)C[C@H](NC(=O)N1CCOC(CO)C1)C(=O)O. The van der Waals surface area contributed by atoms with Crippen LogP contribution in [-0.4, -0.2) is 65.6 Å². The molecule has 19 heavy (non-hydrogen) atoms. The quantitative estimate of drug-likeness (QED) is 0.649. The number of aliphatic hydroxyl groups is 1. The van der Waals surface area contributed by atoms with Crippen molar-refractivity contribution in [3.8, 4) is 0 Å². The highest BCUT2D eigenvalue weighted by molar-refractivity contribution is 5.82. The van der Waals surface area contributed by atoms with E-state index in [4.69, 9.17) is 14.9 Å². The topological polar surface area (TPSA) is 99.1 Å². The van der Waals surface area contributed by atoms with Crippen molar-refractivity contribution in [2.45, 2.75) is 32.4 Å². The lowest BCUT2D eigenvalue weighted by Gasteiger charge is -2.33. The van der Waals surface area contributed by atoms with Crippen LogP contribution in [0.4, 0.5) is 4.79 Å². The number of urea groups is 1. The molecule has 7 heteroatoms. The molecule has 1 fully saturated rings. The van der Waals surface area contributed by atoms with Crippen molar-refractivity contribution in [3.05, 3.63) is 0 Å². The summed E-state index contributed by atoms with van der Waals surface area (Å²) < 4.78 is 5.24. The third kappa shape index (κ3) is 5.04. The molecule has 1 saturated heterocycles. The van der Waals surface area contributed by atoms with Gasteiger partial charge in [-0.3, -0.25) is 0 Å². The summed E-state index contributed by atoms with van der Waals surface area (Å²) in [4.78, 5) is 24.5. The van der Waals surface area contributed by atoms with Gasteiger partial charge in [0.2, 0.25) is 0 Å². The number of carboxylic acid groups (broad SMARTS) is 1. The molecular formula is C12H22N2O5. The van der Waals surface area contributed by atoms with Crippen LogP contribution in [0.2, 0.25) is 0 Å². The smallest absolute Gasteiger partial charge is 0.326 e. The second-order valence-corrected chi connectivity index (χ2v) is 5.09. The number of morpholine rings is 1. The van der Waals surface area contributed by atoms with E-state index in [1.165, 1.54) is 4.90 Å². The Kier molecular flexibility index (Phi) is 6.04. The van der Waals surface area contributed by atoms with Crippen molar-refractivity contribution in [2.24, 2.45) is 5.92 Å². The van der Waals surface area contributed by atoms with Crippen LogP contribution in [0.15, 0.2) is 0 Å². The van der Waals surface area contributed by atoms with Gasteiger partial charge in [0.05, 0.1) is 25.9 Å². The van der Waals surface area contributed by atoms with Crippen molar-refractivity contribution < 1.29 is 24.5 Å². The number of amides is 2. The molecule has 110 valence electrons. The van der Waals surface area contributed by atoms with E-state index in [9.17, 15) is 9.59 Å². The first-order valence-corrected chi connectivity index (χ1v) is 6.44. The van der Waals surface area contributed by atoms with Gasteiger partial charge in [0, 0.05) is 6.54 Å². The Morgan fingerprint density at radius 1 is 1.47 bits per heavy atom. The normalized spacial score (nSPS) is 21.3. The fraction of sp³-hybridized carbons (Fsp3) is 0.833.